The second-order valence-corrected chi connectivity index (χ2v) is 6.08. The SMILES string of the molecule is CCc1ccc(OCC(O)CNC(C)c2ccc(Cl)cc2)cc1.Cl. The van der Waals surface area contributed by atoms with E-state index < -0.39 is 6.10 Å². The van der Waals surface area contributed by atoms with Gasteiger partial charge in [0, 0.05) is 17.6 Å². The van der Waals surface area contributed by atoms with E-state index in [1.807, 2.05) is 48.5 Å². The standard InChI is InChI=1S/C19H24ClNO2.ClH/c1-3-15-4-10-19(11-5-15)23-13-18(22)12-21-14(2)16-6-8-17(20)9-7-16;/h4-11,14,18,21-22H,3,12-13H2,1-2H3;1H. The van der Waals surface area contributed by atoms with Crippen LogP contribution in [0.25, 0.3) is 0 Å². The molecule has 0 aromatic heterocycles. The molecular formula is C19H25Cl2NO2. The zero-order valence-corrected chi connectivity index (χ0v) is 15.6. The van der Waals surface area contributed by atoms with Gasteiger partial charge in [0.1, 0.15) is 18.5 Å². The van der Waals surface area contributed by atoms with E-state index in [1.54, 1.807) is 0 Å². The van der Waals surface area contributed by atoms with Gasteiger partial charge < -0.3 is 15.2 Å². The van der Waals surface area contributed by atoms with Crippen molar-refractivity contribution >= 4 is 24.0 Å². The monoisotopic (exact) mass is 369 g/mol. The van der Waals surface area contributed by atoms with Crippen LogP contribution in [-0.2, 0) is 6.42 Å². The van der Waals surface area contributed by atoms with Crippen LogP contribution in [0.2, 0.25) is 5.02 Å². The maximum absolute atomic E-state index is 10.0. The van der Waals surface area contributed by atoms with Crippen molar-refractivity contribution in [1.82, 2.24) is 5.32 Å². The fourth-order valence-corrected chi connectivity index (χ4v) is 2.38. The molecule has 24 heavy (non-hydrogen) atoms. The topological polar surface area (TPSA) is 41.5 Å². The maximum atomic E-state index is 10.0. The summed E-state index contributed by atoms with van der Waals surface area (Å²) in [5.74, 6) is 0.784. The molecule has 2 aromatic rings. The minimum absolute atomic E-state index is 0. The molecule has 0 aliphatic carbocycles. The molecule has 132 valence electrons. The third-order valence-corrected chi connectivity index (χ3v) is 4.06. The lowest BCUT2D eigenvalue weighted by molar-refractivity contribution is 0.104. The number of aryl methyl sites for hydroxylation is 1. The molecule has 2 rings (SSSR count). The lowest BCUT2D eigenvalue weighted by Crippen LogP contribution is -2.33. The molecule has 0 saturated heterocycles. The van der Waals surface area contributed by atoms with Crippen molar-refractivity contribution in [1.29, 1.82) is 0 Å². The van der Waals surface area contributed by atoms with E-state index >= 15 is 0 Å². The molecule has 0 aliphatic heterocycles. The predicted molar refractivity (Wildman–Crippen MR) is 102 cm³/mol. The van der Waals surface area contributed by atoms with Gasteiger partial charge >= 0.3 is 0 Å². The molecule has 0 saturated carbocycles. The average molecular weight is 370 g/mol. The molecule has 0 aliphatic rings. The predicted octanol–water partition coefficient (Wildman–Crippen LogP) is 4.41. The summed E-state index contributed by atoms with van der Waals surface area (Å²) in [6.07, 6.45) is 0.450. The van der Waals surface area contributed by atoms with Crippen LogP contribution in [0.3, 0.4) is 0 Å². The van der Waals surface area contributed by atoms with Gasteiger partial charge in [0.05, 0.1) is 0 Å². The minimum atomic E-state index is -0.560. The number of benzene rings is 2. The molecule has 0 bridgehead atoms. The van der Waals surface area contributed by atoms with Gasteiger partial charge in [-0.3, -0.25) is 0 Å². The first-order valence-electron chi connectivity index (χ1n) is 7.97. The summed E-state index contributed by atoms with van der Waals surface area (Å²) in [4.78, 5) is 0. The number of rotatable bonds is 8. The molecule has 0 radical (unpaired) electrons. The van der Waals surface area contributed by atoms with Crippen LogP contribution < -0.4 is 10.1 Å². The highest BCUT2D eigenvalue weighted by Crippen LogP contribution is 2.16. The largest absolute Gasteiger partial charge is 0.491 e. The Morgan fingerprint density at radius 3 is 2.29 bits per heavy atom. The normalized spacial score (nSPS) is 13.0. The quantitative estimate of drug-likeness (QED) is 0.723. The van der Waals surface area contributed by atoms with Gasteiger partial charge in [-0.25, -0.2) is 0 Å². The van der Waals surface area contributed by atoms with Gasteiger partial charge in [-0.1, -0.05) is 42.8 Å². The van der Waals surface area contributed by atoms with Gasteiger partial charge in [-0.15, -0.1) is 12.4 Å². The number of nitrogens with one attached hydrogen (secondary N) is 1. The molecular weight excluding hydrogens is 345 g/mol. The smallest absolute Gasteiger partial charge is 0.119 e. The summed E-state index contributed by atoms with van der Waals surface area (Å²) in [7, 11) is 0. The summed E-state index contributed by atoms with van der Waals surface area (Å²) >= 11 is 5.89. The van der Waals surface area contributed by atoms with Crippen LogP contribution in [0.4, 0.5) is 0 Å². The van der Waals surface area contributed by atoms with E-state index in [-0.39, 0.29) is 25.1 Å². The highest BCUT2D eigenvalue weighted by atomic mass is 35.5. The Morgan fingerprint density at radius 2 is 1.71 bits per heavy atom. The Morgan fingerprint density at radius 1 is 1.08 bits per heavy atom. The summed E-state index contributed by atoms with van der Waals surface area (Å²) < 4.78 is 5.61. The summed E-state index contributed by atoms with van der Waals surface area (Å²) in [6, 6.07) is 15.8. The summed E-state index contributed by atoms with van der Waals surface area (Å²) in [5.41, 5.74) is 2.41. The zero-order valence-electron chi connectivity index (χ0n) is 14.0. The lowest BCUT2D eigenvalue weighted by atomic mass is 10.1. The van der Waals surface area contributed by atoms with E-state index in [0.717, 1.165) is 22.8 Å². The van der Waals surface area contributed by atoms with E-state index in [0.29, 0.717) is 6.54 Å². The van der Waals surface area contributed by atoms with Gasteiger partial charge in [0.15, 0.2) is 0 Å². The van der Waals surface area contributed by atoms with Gasteiger partial charge in [-0.05, 0) is 48.7 Å². The third-order valence-electron chi connectivity index (χ3n) is 3.80. The lowest BCUT2D eigenvalue weighted by Gasteiger charge is -2.18. The average Bonchev–Trinajstić information content (AvgIpc) is 2.59. The van der Waals surface area contributed by atoms with Crippen LogP contribution in [0.15, 0.2) is 48.5 Å². The van der Waals surface area contributed by atoms with E-state index in [1.165, 1.54) is 5.56 Å². The molecule has 2 N–H and O–H groups in total. The second kappa shape index (κ2) is 10.6. The Kier molecular flexibility index (Phi) is 9.16. The fourth-order valence-electron chi connectivity index (χ4n) is 2.25. The Hall–Kier alpha value is -1.26. The Balaban J connectivity index is 0.00000288. The van der Waals surface area contributed by atoms with Gasteiger partial charge in [-0.2, -0.15) is 0 Å². The molecule has 0 amide bonds. The molecule has 3 nitrogen and oxygen atoms in total. The summed E-state index contributed by atoms with van der Waals surface area (Å²) in [6.45, 7) is 4.91. The van der Waals surface area contributed by atoms with Crippen LogP contribution in [0.5, 0.6) is 5.75 Å². The van der Waals surface area contributed by atoms with E-state index in [9.17, 15) is 5.11 Å². The molecule has 0 heterocycles. The van der Waals surface area contributed by atoms with Crippen molar-refractivity contribution < 1.29 is 9.84 Å². The first-order valence-corrected chi connectivity index (χ1v) is 8.35. The molecule has 0 fully saturated rings. The van der Waals surface area contributed by atoms with Crippen molar-refractivity contribution in [3.8, 4) is 5.75 Å². The van der Waals surface area contributed by atoms with E-state index in [2.05, 4.69) is 19.2 Å². The Bertz CT molecular complexity index is 587. The number of hydrogen-bond donors (Lipinski definition) is 2. The Labute approximate surface area is 155 Å². The number of hydrogen-bond acceptors (Lipinski definition) is 3. The van der Waals surface area contributed by atoms with E-state index in [4.69, 9.17) is 16.3 Å². The van der Waals surface area contributed by atoms with Crippen molar-refractivity contribution in [2.75, 3.05) is 13.2 Å². The molecule has 0 spiro atoms. The third kappa shape index (κ3) is 6.70. The van der Waals surface area contributed by atoms with Crippen molar-refractivity contribution in [2.24, 2.45) is 0 Å². The van der Waals surface area contributed by atoms with Gasteiger partial charge in [0.2, 0.25) is 0 Å². The molecule has 2 aromatic carbocycles. The van der Waals surface area contributed by atoms with Crippen LogP contribution in [0.1, 0.15) is 31.0 Å². The highest BCUT2D eigenvalue weighted by Gasteiger charge is 2.09. The summed E-state index contributed by atoms with van der Waals surface area (Å²) in [5, 5.41) is 14.1. The second-order valence-electron chi connectivity index (χ2n) is 5.64. The number of halogens is 2. The van der Waals surface area contributed by atoms with Crippen LogP contribution >= 0.6 is 24.0 Å². The zero-order chi connectivity index (χ0) is 16.7. The van der Waals surface area contributed by atoms with Gasteiger partial charge in [0.25, 0.3) is 0 Å². The maximum Gasteiger partial charge on any atom is 0.119 e. The van der Waals surface area contributed by atoms with Crippen LogP contribution in [0, 0.1) is 0 Å². The first kappa shape index (κ1) is 20.8. The van der Waals surface area contributed by atoms with Crippen LogP contribution in [-0.4, -0.2) is 24.4 Å². The fraction of sp³-hybridized carbons (Fsp3) is 0.368. The first-order chi connectivity index (χ1) is 11.1. The number of aliphatic hydroxyl groups excluding tert-OH is 1. The van der Waals surface area contributed by atoms with Crippen molar-refractivity contribution in [2.45, 2.75) is 32.4 Å². The molecule has 2 atom stereocenters. The van der Waals surface area contributed by atoms with Crippen molar-refractivity contribution in [3.63, 3.8) is 0 Å². The van der Waals surface area contributed by atoms with Crippen molar-refractivity contribution in [3.05, 3.63) is 64.7 Å². The minimum Gasteiger partial charge on any atom is -0.491 e. The number of ether oxygens (including phenoxy) is 1. The molecule has 2 unspecified atom stereocenters. The highest BCUT2D eigenvalue weighted by molar-refractivity contribution is 6.30. The number of aliphatic hydroxyl groups is 1. The molecule has 5 heteroatoms.